The van der Waals surface area contributed by atoms with Crippen LogP contribution in [0.4, 0.5) is 0 Å². The summed E-state index contributed by atoms with van der Waals surface area (Å²) in [5.41, 5.74) is 1.03. The van der Waals surface area contributed by atoms with Gasteiger partial charge in [0.2, 0.25) is 10.0 Å². The van der Waals surface area contributed by atoms with Crippen molar-refractivity contribution in [2.45, 2.75) is 30.3 Å². The Hall–Kier alpha value is -0.620. The SMILES string of the molecule is O=S(=O)(c1ccc(CCCl)cc1)N1CCC(O)CC1. The van der Waals surface area contributed by atoms with Crippen molar-refractivity contribution in [3.05, 3.63) is 29.8 Å². The third kappa shape index (κ3) is 3.48. The van der Waals surface area contributed by atoms with Crippen molar-refractivity contribution < 1.29 is 13.5 Å². The van der Waals surface area contributed by atoms with E-state index in [4.69, 9.17) is 11.6 Å². The van der Waals surface area contributed by atoms with Gasteiger partial charge in [-0.05, 0) is 37.0 Å². The zero-order valence-electron chi connectivity index (χ0n) is 10.6. The number of hydrogen-bond acceptors (Lipinski definition) is 3. The lowest BCUT2D eigenvalue weighted by Gasteiger charge is -2.28. The zero-order valence-corrected chi connectivity index (χ0v) is 12.2. The first kappa shape index (κ1) is 14.8. The summed E-state index contributed by atoms with van der Waals surface area (Å²) in [7, 11) is -3.43. The van der Waals surface area contributed by atoms with Gasteiger partial charge in [0.1, 0.15) is 0 Å². The van der Waals surface area contributed by atoms with Crippen LogP contribution in [-0.2, 0) is 16.4 Å². The predicted molar refractivity (Wildman–Crippen MR) is 74.9 cm³/mol. The Kier molecular flexibility index (Phi) is 4.84. The van der Waals surface area contributed by atoms with Crippen LogP contribution in [0.25, 0.3) is 0 Å². The van der Waals surface area contributed by atoms with Gasteiger partial charge >= 0.3 is 0 Å². The number of hydrogen-bond donors (Lipinski definition) is 1. The Bertz CT molecular complexity index is 507. The number of aryl methyl sites for hydroxylation is 1. The minimum Gasteiger partial charge on any atom is -0.393 e. The second kappa shape index (κ2) is 6.22. The Morgan fingerprint density at radius 1 is 1.21 bits per heavy atom. The molecule has 0 bridgehead atoms. The highest BCUT2D eigenvalue weighted by atomic mass is 35.5. The molecule has 1 fully saturated rings. The number of benzene rings is 1. The van der Waals surface area contributed by atoms with Gasteiger partial charge < -0.3 is 5.11 Å². The first-order valence-corrected chi connectivity index (χ1v) is 8.34. The van der Waals surface area contributed by atoms with Crippen LogP contribution < -0.4 is 0 Å². The lowest BCUT2D eigenvalue weighted by atomic mass is 10.1. The maximum absolute atomic E-state index is 12.4. The maximum atomic E-state index is 12.4. The van der Waals surface area contributed by atoms with E-state index in [9.17, 15) is 13.5 Å². The summed E-state index contributed by atoms with van der Waals surface area (Å²) >= 11 is 5.65. The number of halogens is 1. The smallest absolute Gasteiger partial charge is 0.243 e. The molecule has 2 rings (SSSR count). The second-order valence-corrected chi connectivity index (χ2v) is 7.03. The van der Waals surface area contributed by atoms with E-state index in [0.717, 1.165) is 12.0 Å². The van der Waals surface area contributed by atoms with E-state index >= 15 is 0 Å². The van der Waals surface area contributed by atoms with E-state index in [2.05, 4.69) is 0 Å². The first-order chi connectivity index (χ1) is 9.04. The molecule has 0 unspecified atom stereocenters. The zero-order chi connectivity index (χ0) is 13.9. The summed E-state index contributed by atoms with van der Waals surface area (Å²) < 4.78 is 26.2. The van der Waals surface area contributed by atoms with Crippen LogP contribution in [-0.4, -0.2) is 42.9 Å². The summed E-state index contributed by atoms with van der Waals surface area (Å²) in [6.45, 7) is 0.764. The van der Waals surface area contributed by atoms with Gasteiger partial charge in [-0.2, -0.15) is 4.31 Å². The number of rotatable bonds is 4. The molecular formula is C13H18ClNO3S. The fourth-order valence-electron chi connectivity index (χ4n) is 2.17. The predicted octanol–water partition coefficient (Wildman–Crippen LogP) is 1.61. The number of sulfonamides is 1. The molecule has 4 nitrogen and oxygen atoms in total. The minimum atomic E-state index is -3.43. The largest absolute Gasteiger partial charge is 0.393 e. The molecule has 1 aliphatic rings. The fraction of sp³-hybridized carbons (Fsp3) is 0.538. The Balaban J connectivity index is 2.15. The van der Waals surface area contributed by atoms with E-state index in [-0.39, 0.29) is 6.10 Å². The first-order valence-electron chi connectivity index (χ1n) is 6.37. The third-order valence-electron chi connectivity index (χ3n) is 3.37. The van der Waals surface area contributed by atoms with Crippen molar-refractivity contribution in [2.75, 3.05) is 19.0 Å². The van der Waals surface area contributed by atoms with E-state index in [1.54, 1.807) is 24.3 Å². The van der Waals surface area contributed by atoms with E-state index in [0.29, 0.717) is 36.7 Å². The number of piperidine rings is 1. The van der Waals surface area contributed by atoms with Crippen LogP contribution in [0.15, 0.2) is 29.2 Å². The quantitative estimate of drug-likeness (QED) is 0.860. The molecule has 6 heteroatoms. The monoisotopic (exact) mass is 303 g/mol. The number of nitrogens with zero attached hydrogens (tertiary/aromatic N) is 1. The van der Waals surface area contributed by atoms with Crippen molar-refractivity contribution in [1.29, 1.82) is 0 Å². The highest BCUT2D eigenvalue weighted by Crippen LogP contribution is 2.21. The average Bonchev–Trinajstić information content (AvgIpc) is 2.40. The molecule has 1 heterocycles. The average molecular weight is 304 g/mol. The number of alkyl halides is 1. The van der Waals surface area contributed by atoms with Gasteiger partial charge in [-0.15, -0.1) is 11.6 Å². The topological polar surface area (TPSA) is 57.6 Å². The maximum Gasteiger partial charge on any atom is 0.243 e. The molecule has 0 spiro atoms. The van der Waals surface area contributed by atoms with Crippen molar-refractivity contribution >= 4 is 21.6 Å². The Morgan fingerprint density at radius 2 is 1.79 bits per heavy atom. The van der Waals surface area contributed by atoms with Gasteiger partial charge in [-0.1, -0.05) is 12.1 Å². The molecule has 0 aliphatic carbocycles. The molecule has 1 aromatic rings. The summed E-state index contributed by atoms with van der Waals surface area (Å²) in [4.78, 5) is 0.308. The molecule has 0 saturated carbocycles. The van der Waals surface area contributed by atoms with Gasteiger partial charge in [-0.25, -0.2) is 8.42 Å². The molecule has 0 aromatic heterocycles. The highest BCUT2D eigenvalue weighted by Gasteiger charge is 2.28. The number of aliphatic hydroxyl groups is 1. The second-order valence-electron chi connectivity index (χ2n) is 4.72. The van der Waals surface area contributed by atoms with Gasteiger partial charge in [0.25, 0.3) is 0 Å². The molecule has 1 aromatic carbocycles. The standard InChI is InChI=1S/C13H18ClNO3S/c14-8-5-11-1-3-13(4-2-11)19(17,18)15-9-6-12(16)7-10-15/h1-4,12,16H,5-10H2. The van der Waals surface area contributed by atoms with Crippen molar-refractivity contribution in [3.8, 4) is 0 Å². The highest BCUT2D eigenvalue weighted by molar-refractivity contribution is 7.89. The summed E-state index contributed by atoms with van der Waals surface area (Å²) in [6, 6.07) is 6.85. The van der Waals surface area contributed by atoms with Crippen molar-refractivity contribution in [2.24, 2.45) is 0 Å². The molecule has 19 heavy (non-hydrogen) atoms. The molecule has 0 atom stereocenters. The van der Waals surface area contributed by atoms with Crippen LogP contribution in [0, 0.1) is 0 Å². The fourth-order valence-corrected chi connectivity index (χ4v) is 3.86. The summed E-state index contributed by atoms with van der Waals surface area (Å²) in [5, 5.41) is 9.42. The van der Waals surface area contributed by atoms with Crippen molar-refractivity contribution in [1.82, 2.24) is 4.31 Å². The van der Waals surface area contributed by atoms with Crippen LogP contribution in [0.2, 0.25) is 0 Å². The summed E-state index contributed by atoms with van der Waals surface area (Å²) in [5.74, 6) is 0.524. The minimum absolute atomic E-state index is 0.308. The van der Waals surface area contributed by atoms with E-state index in [1.165, 1.54) is 4.31 Å². The normalized spacial score (nSPS) is 18.6. The molecule has 1 saturated heterocycles. The molecular weight excluding hydrogens is 286 g/mol. The van der Waals surface area contributed by atoms with Crippen LogP contribution in [0.5, 0.6) is 0 Å². The molecule has 0 radical (unpaired) electrons. The Morgan fingerprint density at radius 3 is 2.32 bits per heavy atom. The number of aliphatic hydroxyl groups excluding tert-OH is 1. The molecule has 0 amide bonds. The van der Waals surface area contributed by atoms with Crippen LogP contribution in [0.3, 0.4) is 0 Å². The van der Waals surface area contributed by atoms with E-state index in [1.807, 2.05) is 0 Å². The summed E-state index contributed by atoms with van der Waals surface area (Å²) in [6.07, 6.45) is 1.36. The molecule has 1 N–H and O–H groups in total. The van der Waals surface area contributed by atoms with E-state index < -0.39 is 10.0 Å². The van der Waals surface area contributed by atoms with Gasteiger partial charge in [0, 0.05) is 19.0 Å². The molecule has 1 aliphatic heterocycles. The van der Waals surface area contributed by atoms with Gasteiger partial charge in [-0.3, -0.25) is 0 Å². The molecule has 106 valence electrons. The van der Waals surface area contributed by atoms with Crippen molar-refractivity contribution in [3.63, 3.8) is 0 Å². The van der Waals surface area contributed by atoms with Crippen LogP contribution >= 0.6 is 11.6 Å². The lowest BCUT2D eigenvalue weighted by Crippen LogP contribution is -2.39. The van der Waals surface area contributed by atoms with Gasteiger partial charge in [0.15, 0.2) is 0 Å². The Labute approximate surface area is 119 Å². The van der Waals surface area contributed by atoms with Gasteiger partial charge in [0.05, 0.1) is 11.0 Å². The third-order valence-corrected chi connectivity index (χ3v) is 5.47. The van der Waals surface area contributed by atoms with Crippen LogP contribution in [0.1, 0.15) is 18.4 Å². The lowest BCUT2D eigenvalue weighted by molar-refractivity contribution is 0.113.